The van der Waals surface area contributed by atoms with Crippen LogP contribution in [0.1, 0.15) is 33.1 Å². The van der Waals surface area contributed by atoms with Crippen molar-refractivity contribution >= 4 is 34.0 Å². The first-order chi connectivity index (χ1) is 9.04. The van der Waals surface area contributed by atoms with Gasteiger partial charge in [-0.05, 0) is 50.9 Å². The number of benzene rings is 1. The van der Waals surface area contributed by atoms with Crippen molar-refractivity contribution in [3.63, 3.8) is 0 Å². The fraction of sp³-hybridized carbons (Fsp3) is 0.571. The Morgan fingerprint density at radius 3 is 2.79 bits per heavy atom. The van der Waals surface area contributed by atoms with Crippen molar-refractivity contribution < 1.29 is 4.21 Å². The van der Waals surface area contributed by atoms with Gasteiger partial charge in [-0.3, -0.25) is 4.21 Å². The van der Waals surface area contributed by atoms with E-state index in [1.165, 1.54) is 0 Å². The molecule has 1 aromatic rings. The maximum Gasteiger partial charge on any atom is 0.0589 e. The van der Waals surface area contributed by atoms with Gasteiger partial charge in [0.25, 0.3) is 0 Å². The van der Waals surface area contributed by atoms with E-state index in [0.717, 1.165) is 25.8 Å². The van der Waals surface area contributed by atoms with Crippen molar-refractivity contribution in [3.8, 4) is 0 Å². The molecule has 0 fully saturated rings. The van der Waals surface area contributed by atoms with Crippen LogP contribution in [0.4, 0.5) is 0 Å². The average Bonchev–Trinajstić information content (AvgIpc) is 2.39. The maximum absolute atomic E-state index is 12.2. The number of rotatable bonds is 8. The van der Waals surface area contributed by atoms with Gasteiger partial charge in [-0.2, -0.15) is 0 Å². The van der Waals surface area contributed by atoms with Gasteiger partial charge >= 0.3 is 0 Å². The molecule has 0 saturated heterocycles. The van der Waals surface area contributed by atoms with E-state index in [4.69, 9.17) is 23.2 Å². The zero-order valence-corrected chi connectivity index (χ0v) is 13.7. The maximum atomic E-state index is 12.2. The van der Waals surface area contributed by atoms with Gasteiger partial charge in [-0.25, -0.2) is 0 Å². The highest BCUT2D eigenvalue weighted by Gasteiger charge is 2.10. The lowest BCUT2D eigenvalue weighted by Crippen LogP contribution is -2.26. The van der Waals surface area contributed by atoms with Crippen molar-refractivity contribution in [3.05, 3.63) is 28.2 Å². The van der Waals surface area contributed by atoms with Crippen LogP contribution in [0.25, 0.3) is 0 Å². The fourth-order valence-corrected chi connectivity index (χ4v) is 3.58. The Hall–Kier alpha value is -0.0900. The lowest BCUT2D eigenvalue weighted by Gasteiger charge is -2.12. The summed E-state index contributed by atoms with van der Waals surface area (Å²) in [6.07, 6.45) is 3.06. The number of nitrogens with one attached hydrogen (secondary N) is 1. The van der Waals surface area contributed by atoms with Gasteiger partial charge in [0.15, 0.2) is 0 Å². The fourth-order valence-electron chi connectivity index (χ4n) is 1.78. The van der Waals surface area contributed by atoms with Gasteiger partial charge in [0.2, 0.25) is 0 Å². The Morgan fingerprint density at radius 1 is 1.37 bits per heavy atom. The molecule has 0 bridgehead atoms. The Labute approximate surface area is 128 Å². The zero-order chi connectivity index (χ0) is 14.3. The second-order valence-electron chi connectivity index (χ2n) is 4.62. The summed E-state index contributed by atoms with van der Waals surface area (Å²) in [5, 5.41) is 4.52. The highest BCUT2D eigenvalue weighted by molar-refractivity contribution is 7.85. The Morgan fingerprint density at radius 2 is 2.11 bits per heavy atom. The minimum atomic E-state index is -1.07. The van der Waals surface area contributed by atoms with Crippen molar-refractivity contribution in [2.75, 3.05) is 12.3 Å². The van der Waals surface area contributed by atoms with E-state index in [1.807, 2.05) is 0 Å². The summed E-state index contributed by atoms with van der Waals surface area (Å²) in [5.41, 5.74) is 0. The van der Waals surface area contributed by atoms with E-state index in [1.54, 1.807) is 18.2 Å². The van der Waals surface area contributed by atoms with Gasteiger partial charge < -0.3 is 5.32 Å². The van der Waals surface area contributed by atoms with Gasteiger partial charge in [0.05, 0.1) is 20.7 Å². The highest BCUT2D eigenvalue weighted by Crippen LogP contribution is 2.24. The molecule has 0 spiro atoms. The van der Waals surface area contributed by atoms with Crippen molar-refractivity contribution in [2.24, 2.45) is 0 Å². The summed E-state index contributed by atoms with van der Waals surface area (Å²) < 4.78 is 12.2. The largest absolute Gasteiger partial charge is 0.314 e. The number of hydrogen-bond acceptors (Lipinski definition) is 2. The molecule has 0 aliphatic carbocycles. The van der Waals surface area contributed by atoms with Gasteiger partial charge in [-0.1, -0.05) is 30.1 Å². The third kappa shape index (κ3) is 6.26. The molecule has 0 amide bonds. The van der Waals surface area contributed by atoms with Gasteiger partial charge in [0.1, 0.15) is 0 Å². The molecule has 2 nitrogen and oxygen atoms in total. The van der Waals surface area contributed by atoms with Crippen LogP contribution in [0, 0.1) is 0 Å². The highest BCUT2D eigenvalue weighted by atomic mass is 35.5. The van der Waals surface area contributed by atoms with E-state index < -0.39 is 10.8 Å². The monoisotopic (exact) mass is 321 g/mol. The Bertz CT molecular complexity index is 426. The molecule has 2 atom stereocenters. The molecule has 1 rings (SSSR count). The second kappa shape index (κ2) is 8.96. The van der Waals surface area contributed by atoms with Gasteiger partial charge in [0, 0.05) is 16.8 Å². The third-order valence-corrected chi connectivity index (χ3v) is 5.01. The standard InChI is InChI=1S/C14H21Cl2NOS/c1-3-8-17-11(2)5-4-9-19(18)14-10-12(15)6-7-13(14)16/h6-7,10-11,17H,3-5,8-9H2,1-2H3. The Balaban J connectivity index is 2.41. The first kappa shape index (κ1) is 17.0. The van der Waals surface area contributed by atoms with Crippen molar-refractivity contribution in [1.82, 2.24) is 5.32 Å². The van der Waals surface area contributed by atoms with Crippen molar-refractivity contribution in [2.45, 2.75) is 44.0 Å². The molecule has 0 aromatic heterocycles. The van der Waals surface area contributed by atoms with Crippen LogP contribution in [-0.2, 0) is 10.8 Å². The quantitative estimate of drug-likeness (QED) is 0.774. The van der Waals surface area contributed by atoms with E-state index in [9.17, 15) is 4.21 Å². The van der Waals surface area contributed by atoms with Crippen LogP contribution < -0.4 is 5.32 Å². The molecular formula is C14H21Cl2NOS. The van der Waals surface area contributed by atoms with Crippen LogP contribution in [0.5, 0.6) is 0 Å². The molecule has 0 aliphatic heterocycles. The molecule has 0 radical (unpaired) electrons. The molecule has 0 heterocycles. The lowest BCUT2D eigenvalue weighted by molar-refractivity contribution is 0.509. The molecule has 2 unspecified atom stereocenters. The zero-order valence-electron chi connectivity index (χ0n) is 11.4. The summed E-state index contributed by atoms with van der Waals surface area (Å²) in [7, 11) is -1.07. The molecule has 19 heavy (non-hydrogen) atoms. The molecule has 5 heteroatoms. The minimum Gasteiger partial charge on any atom is -0.314 e. The number of halogens is 2. The number of hydrogen-bond donors (Lipinski definition) is 1. The summed E-state index contributed by atoms with van der Waals surface area (Å²) in [5.74, 6) is 0.623. The van der Waals surface area contributed by atoms with Gasteiger partial charge in [-0.15, -0.1) is 0 Å². The summed E-state index contributed by atoms with van der Waals surface area (Å²) in [6, 6.07) is 5.56. The van der Waals surface area contributed by atoms with Crippen LogP contribution >= 0.6 is 23.2 Å². The summed E-state index contributed by atoms with van der Waals surface area (Å²) in [4.78, 5) is 0.642. The average molecular weight is 322 g/mol. The molecule has 0 aliphatic rings. The molecule has 1 aromatic carbocycles. The normalized spacial score (nSPS) is 14.3. The SMILES string of the molecule is CCCNC(C)CCCS(=O)c1cc(Cl)ccc1Cl. The summed E-state index contributed by atoms with van der Waals surface area (Å²) >= 11 is 11.9. The van der Waals surface area contributed by atoms with Crippen LogP contribution in [-0.4, -0.2) is 22.5 Å². The molecule has 108 valence electrons. The summed E-state index contributed by atoms with van der Waals surface area (Å²) in [6.45, 7) is 5.34. The first-order valence-electron chi connectivity index (χ1n) is 6.61. The van der Waals surface area contributed by atoms with Crippen LogP contribution in [0.3, 0.4) is 0 Å². The third-order valence-electron chi connectivity index (χ3n) is 2.85. The van der Waals surface area contributed by atoms with Crippen LogP contribution in [0.2, 0.25) is 10.0 Å². The van der Waals surface area contributed by atoms with E-state index in [0.29, 0.717) is 26.7 Å². The van der Waals surface area contributed by atoms with Crippen molar-refractivity contribution in [1.29, 1.82) is 0 Å². The molecule has 0 saturated carbocycles. The van der Waals surface area contributed by atoms with E-state index >= 15 is 0 Å². The topological polar surface area (TPSA) is 29.1 Å². The predicted octanol–water partition coefficient (Wildman–Crippen LogP) is 4.27. The first-order valence-corrected chi connectivity index (χ1v) is 8.69. The van der Waals surface area contributed by atoms with Crippen LogP contribution in [0.15, 0.2) is 23.1 Å². The molecule has 1 N–H and O–H groups in total. The molecular weight excluding hydrogens is 301 g/mol. The predicted molar refractivity (Wildman–Crippen MR) is 84.7 cm³/mol. The van der Waals surface area contributed by atoms with E-state index in [-0.39, 0.29) is 0 Å². The Kier molecular flexibility index (Phi) is 8.00. The smallest absolute Gasteiger partial charge is 0.0589 e. The van der Waals surface area contributed by atoms with E-state index in [2.05, 4.69) is 19.2 Å². The second-order valence-corrected chi connectivity index (χ2v) is 7.00. The lowest BCUT2D eigenvalue weighted by atomic mass is 10.2. The minimum absolute atomic E-state index is 0.465.